The highest BCUT2D eigenvalue weighted by Gasteiger charge is 2.41. The molecule has 2 N–H and O–H groups in total. The molecule has 1 aliphatic rings. The van der Waals surface area contributed by atoms with Gasteiger partial charge in [0.25, 0.3) is 0 Å². The van der Waals surface area contributed by atoms with Gasteiger partial charge in [-0.15, -0.1) is 0 Å². The molecule has 2 aromatic rings. The molecule has 9 nitrogen and oxygen atoms in total. The van der Waals surface area contributed by atoms with Crippen LogP contribution >= 0.6 is 0 Å². The normalized spacial score (nSPS) is 17.2. The quantitative estimate of drug-likeness (QED) is 0.602. The first-order valence-electron chi connectivity index (χ1n) is 9.49. The highest BCUT2D eigenvalue weighted by Crippen LogP contribution is 2.20. The van der Waals surface area contributed by atoms with Crippen LogP contribution in [0.1, 0.15) is 12.5 Å². The number of ether oxygens (including phenoxy) is 2. The van der Waals surface area contributed by atoms with Crippen molar-refractivity contribution in [3.8, 4) is 5.75 Å². The van der Waals surface area contributed by atoms with Crippen molar-refractivity contribution in [1.82, 2.24) is 14.6 Å². The monoisotopic (exact) mass is 435 g/mol. The minimum Gasteiger partial charge on any atom is -0.489 e. The van der Waals surface area contributed by atoms with E-state index in [1.54, 1.807) is 29.4 Å². The molecule has 0 unspecified atom stereocenters. The molecule has 1 aromatic heterocycles. The Labute approximate surface area is 175 Å². The zero-order valence-corrected chi connectivity index (χ0v) is 17.5. The lowest BCUT2D eigenvalue weighted by atomic mass is 10.00. The first kappa shape index (κ1) is 22.2. The molecule has 162 valence electrons. The zero-order valence-electron chi connectivity index (χ0n) is 16.7. The number of sulfonamides is 1. The van der Waals surface area contributed by atoms with E-state index >= 15 is 0 Å². The van der Waals surface area contributed by atoms with Crippen molar-refractivity contribution in [3.63, 3.8) is 0 Å². The van der Waals surface area contributed by atoms with Gasteiger partial charge in [0.05, 0.1) is 18.1 Å². The van der Waals surface area contributed by atoms with Gasteiger partial charge in [0.15, 0.2) is 0 Å². The Kier molecular flexibility index (Phi) is 7.03. The second kappa shape index (κ2) is 9.52. The summed E-state index contributed by atoms with van der Waals surface area (Å²) in [6.45, 7) is 3.27. The Morgan fingerprint density at radius 1 is 1.20 bits per heavy atom. The van der Waals surface area contributed by atoms with Crippen LogP contribution in [0.25, 0.3) is 0 Å². The molecule has 0 amide bonds. The summed E-state index contributed by atoms with van der Waals surface area (Å²) < 4.78 is 38.7. The number of aliphatic carboxylic acids is 1. The number of hydrogen-bond donors (Lipinski definition) is 2. The fourth-order valence-electron chi connectivity index (χ4n) is 3.06. The van der Waals surface area contributed by atoms with Crippen LogP contribution in [0, 0.1) is 0 Å². The SMILES string of the molecule is C[C@](CNS(=O)(=O)c1ccc(OCc2ccncc2)cc1)(C(=O)O)N1CCOCC1. The number of rotatable bonds is 9. The molecule has 0 saturated carbocycles. The average Bonchev–Trinajstić information content (AvgIpc) is 2.77. The second-order valence-electron chi connectivity index (χ2n) is 7.12. The van der Waals surface area contributed by atoms with Crippen LogP contribution in [-0.4, -0.2) is 67.8 Å². The van der Waals surface area contributed by atoms with Gasteiger partial charge in [-0.1, -0.05) is 0 Å². The number of nitrogens with one attached hydrogen (secondary N) is 1. The van der Waals surface area contributed by atoms with Crippen LogP contribution in [0.4, 0.5) is 0 Å². The number of benzene rings is 1. The van der Waals surface area contributed by atoms with Crippen molar-refractivity contribution in [2.75, 3.05) is 32.8 Å². The number of nitrogens with zero attached hydrogens (tertiary/aromatic N) is 2. The minimum atomic E-state index is -3.88. The van der Waals surface area contributed by atoms with Crippen molar-refractivity contribution >= 4 is 16.0 Å². The lowest BCUT2D eigenvalue weighted by molar-refractivity contribution is -0.152. The molecule has 3 rings (SSSR count). The highest BCUT2D eigenvalue weighted by molar-refractivity contribution is 7.89. The topological polar surface area (TPSA) is 118 Å². The minimum absolute atomic E-state index is 0.0356. The second-order valence-corrected chi connectivity index (χ2v) is 8.89. The Hall–Kier alpha value is -2.53. The molecule has 1 fully saturated rings. The maximum atomic E-state index is 12.7. The van der Waals surface area contributed by atoms with Gasteiger partial charge in [-0.25, -0.2) is 13.1 Å². The van der Waals surface area contributed by atoms with Crippen LogP contribution in [-0.2, 0) is 26.2 Å². The van der Waals surface area contributed by atoms with Crippen LogP contribution in [0.3, 0.4) is 0 Å². The smallest absolute Gasteiger partial charge is 0.325 e. The molecule has 2 heterocycles. The van der Waals surface area contributed by atoms with Gasteiger partial charge >= 0.3 is 5.97 Å². The van der Waals surface area contributed by atoms with E-state index < -0.39 is 21.5 Å². The van der Waals surface area contributed by atoms with Gasteiger partial charge in [-0.3, -0.25) is 14.7 Å². The van der Waals surface area contributed by atoms with E-state index in [1.165, 1.54) is 19.1 Å². The fourth-order valence-corrected chi connectivity index (χ4v) is 4.19. The van der Waals surface area contributed by atoms with E-state index in [0.29, 0.717) is 38.7 Å². The Morgan fingerprint density at radius 2 is 1.83 bits per heavy atom. The van der Waals surface area contributed by atoms with E-state index in [2.05, 4.69) is 9.71 Å². The Balaban J connectivity index is 1.63. The summed E-state index contributed by atoms with van der Waals surface area (Å²) in [7, 11) is -3.88. The molecule has 1 aromatic carbocycles. The van der Waals surface area contributed by atoms with Gasteiger partial charge in [0, 0.05) is 32.0 Å². The van der Waals surface area contributed by atoms with E-state index in [1.807, 2.05) is 12.1 Å². The van der Waals surface area contributed by atoms with Crippen molar-refractivity contribution in [2.24, 2.45) is 0 Å². The maximum Gasteiger partial charge on any atom is 0.325 e. The summed E-state index contributed by atoms with van der Waals surface area (Å²) in [5.74, 6) is -0.568. The summed E-state index contributed by atoms with van der Waals surface area (Å²) in [5.41, 5.74) is -0.427. The molecule has 0 spiro atoms. The van der Waals surface area contributed by atoms with Gasteiger partial charge in [-0.05, 0) is 48.9 Å². The van der Waals surface area contributed by atoms with Crippen molar-refractivity contribution in [1.29, 1.82) is 0 Å². The van der Waals surface area contributed by atoms with Crippen LogP contribution in [0.2, 0.25) is 0 Å². The first-order valence-corrected chi connectivity index (χ1v) is 11.0. The predicted molar refractivity (Wildman–Crippen MR) is 109 cm³/mol. The molecule has 1 aliphatic heterocycles. The molecule has 1 atom stereocenters. The zero-order chi connectivity index (χ0) is 21.6. The molecule has 30 heavy (non-hydrogen) atoms. The Morgan fingerprint density at radius 3 is 2.43 bits per heavy atom. The molecular weight excluding hydrogens is 410 g/mol. The van der Waals surface area contributed by atoms with Gasteiger partial charge < -0.3 is 14.6 Å². The third-order valence-corrected chi connectivity index (χ3v) is 6.48. The number of aromatic nitrogens is 1. The van der Waals surface area contributed by atoms with Crippen molar-refractivity contribution in [2.45, 2.75) is 24.0 Å². The lowest BCUT2D eigenvalue weighted by Crippen LogP contribution is -2.61. The van der Waals surface area contributed by atoms with Gasteiger partial charge in [0.1, 0.15) is 17.9 Å². The van der Waals surface area contributed by atoms with E-state index in [9.17, 15) is 18.3 Å². The summed E-state index contributed by atoms with van der Waals surface area (Å²) in [5, 5.41) is 9.70. The molecule has 1 saturated heterocycles. The molecule has 0 radical (unpaired) electrons. The van der Waals surface area contributed by atoms with Crippen LogP contribution in [0.15, 0.2) is 53.7 Å². The van der Waals surface area contributed by atoms with Crippen molar-refractivity contribution in [3.05, 3.63) is 54.4 Å². The molecule has 10 heteroatoms. The van der Waals surface area contributed by atoms with Gasteiger partial charge in [-0.2, -0.15) is 0 Å². The molecule has 0 bridgehead atoms. The lowest BCUT2D eigenvalue weighted by Gasteiger charge is -2.40. The van der Waals surface area contributed by atoms with E-state index in [4.69, 9.17) is 9.47 Å². The first-order chi connectivity index (χ1) is 14.3. The predicted octanol–water partition coefficient (Wildman–Crippen LogP) is 1.11. The number of pyridine rings is 1. The maximum absolute atomic E-state index is 12.7. The van der Waals surface area contributed by atoms with Gasteiger partial charge in [0.2, 0.25) is 10.0 Å². The van der Waals surface area contributed by atoms with Crippen LogP contribution in [0.5, 0.6) is 5.75 Å². The van der Waals surface area contributed by atoms with Crippen molar-refractivity contribution < 1.29 is 27.8 Å². The van der Waals surface area contributed by atoms with E-state index in [-0.39, 0.29) is 11.4 Å². The average molecular weight is 436 g/mol. The van der Waals surface area contributed by atoms with E-state index in [0.717, 1.165) is 5.56 Å². The van der Waals surface area contributed by atoms with Crippen LogP contribution < -0.4 is 9.46 Å². The number of morpholine rings is 1. The summed E-state index contributed by atoms with van der Waals surface area (Å²) in [6.07, 6.45) is 3.34. The summed E-state index contributed by atoms with van der Waals surface area (Å²) in [4.78, 5) is 17.6. The molecule has 0 aliphatic carbocycles. The summed E-state index contributed by atoms with van der Waals surface area (Å²) >= 11 is 0. The third kappa shape index (κ3) is 5.33. The number of carboxylic acids is 1. The number of hydrogen-bond acceptors (Lipinski definition) is 7. The standard InChI is InChI=1S/C20H25N3O6S/c1-20(19(24)25,23-10-12-28-13-11-23)15-22-30(26,27)18-4-2-17(3-5-18)29-14-16-6-8-21-9-7-16/h2-9,22H,10-15H2,1H3,(H,24,25)/t20-/m0/s1. The largest absolute Gasteiger partial charge is 0.489 e. The molecular formula is C20H25N3O6S. The highest BCUT2D eigenvalue weighted by atomic mass is 32.2. The third-order valence-electron chi connectivity index (χ3n) is 5.07. The number of carbonyl (C=O) groups is 1. The summed E-state index contributed by atoms with van der Waals surface area (Å²) in [6, 6.07) is 9.64. The Bertz CT molecular complexity index is 946. The number of carboxylic acid groups (broad SMARTS) is 1. The fraction of sp³-hybridized carbons (Fsp3) is 0.400.